The van der Waals surface area contributed by atoms with Crippen LogP contribution in [-0.2, 0) is 7.05 Å². The molecule has 0 aliphatic carbocycles. The van der Waals surface area contributed by atoms with Crippen molar-refractivity contribution in [2.24, 2.45) is 7.05 Å². The van der Waals surface area contributed by atoms with E-state index in [9.17, 15) is 10.1 Å². The summed E-state index contributed by atoms with van der Waals surface area (Å²) < 4.78 is 6.54. The zero-order valence-electron chi connectivity index (χ0n) is 11.4. The number of hydrogen-bond acceptors (Lipinski definition) is 5. The van der Waals surface area contributed by atoms with Crippen molar-refractivity contribution in [3.8, 4) is 23.1 Å². The first-order valence-corrected chi connectivity index (χ1v) is 7.04. The Morgan fingerprint density at radius 2 is 2.20 bits per heavy atom. The lowest BCUT2D eigenvalue weighted by Crippen LogP contribution is -2.23. The number of hydrogen-bond donors (Lipinski definition) is 0. The molecule has 0 saturated carbocycles. The molecule has 0 bridgehead atoms. The van der Waals surface area contributed by atoms with Crippen LogP contribution in [-0.4, -0.2) is 22.9 Å². The molecule has 102 valence electrons. The van der Waals surface area contributed by atoms with E-state index in [2.05, 4.69) is 4.98 Å². The lowest BCUT2D eigenvalue weighted by atomic mass is 10.1. The van der Waals surface area contributed by atoms with Gasteiger partial charge in [0.25, 0.3) is 5.56 Å². The second kappa shape index (κ2) is 5.80. The van der Waals surface area contributed by atoms with E-state index in [0.717, 1.165) is 0 Å². The molecule has 0 amide bonds. The van der Waals surface area contributed by atoms with Crippen LogP contribution in [0.4, 0.5) is 0 Å². The summed E-state index contributed by atoms with van der Waals surface area (Å²) in [4.78, 5) is 16.6. The fourth-order valence-corrected chi connectivity index (χ4v) is 2.38. The topological polar surface area (TPSA) is 67.9 Å². The first-order valence-electron chi connectivity index (χ1n) is 5.82. The molecule has 0 spiro atoms. The molecule has 2 rings (SSSR count). The van der Waals surface area contributed by atoms with E-state index in [1.54, 1.807) is 38.4 Å². The van der Waals surface area contributed by atoms with Gasteiger partial charge in [0.2, 0.25) is 0 Å². The van der Waals surface area contributed by atoms with Gasteiger partial charge in [0, 0.05) is 12.6 Å². The third kappa shape index (κ3) is 2.40. The van der Waals surface area contributed by atoms with Gasteiger partial charge in [0.05, 0.1) is 12.8 Å². The summed E-state index contributed by atoms with van der Waals surface area (Å²) in [5.41, 5.74) is 0.774. The summed E-state index contributed by atoms with van der Waals surface area (Å²) in [7, 11) is 3.17. The monoisotopic (exact) mass is 287 g/mol. The lowest BCUT2D eigenvalue weighted by molar-refractivity contribution is 0.415. The molecular formula is C14H13N3O2S. The van der Waals surface area contributed by atoms with E-state index in [0.29, 0.717) is 22.2 Å². The third-order valence-corrected chi connectivity index (χ3v) is 3.62. The highest BCUT2D eigenvalue weighted by Crippen LogP contribution is 2.25. The predicted octanol–water partition coefficient (Wildman–Crippen LogP) is 2.05. The zero-order chi connectivity index (χ0) is 14.7. The Labute approximate surface area is 120 Å². The van der Waals surface area contributed by atoms with Gasteiger partial charge >= 0.3 is 0 Å². The molecular weight excluding hydrogens is 274 g/mol. The molecule has 1 aromatic heterocycles. The van der Waals surface area contributed by atoms with Crippen molar-refractivity contribution in [3.63, 3.8) is 0 Å². The Morgan fingerprint density at radius 1 is 1.45 bits per heavy atom. The second-order valence-electron chi connectivity index (χ2n) is 4.03. The third-order valence-electron chi connectivity index (χ3n) is 2.89. The van der Waals surface area contributed by atoms with Crippen LogP contribution in [0.1, 0.15) is 5.56 Å². The maximum atomic E-state index is 12.2. The number of aromatic nitrogens is 2. The maximum absolute atomic E-state index is 12.2. The predicted molar refractivity (Wildman–Crippen MR) is 78.0 cm³/mol. The smallest absolute Gasteiger partial charge is 0.272 e. The Balaban J connectivity index is 2.76. The van der Waals surface area contributed by atoms with E-state index in [1.807, 2.05) is 12.3 Å². The van der Waals surface area contributed by atoms with E-state index in [-0.39, 0.29) is 11.1 Å². The van der Waals surface area contributed by atoms with Crippen LogP contribution in [0.15, 0.2) is 34.2 Å². The SMILES string of the molecule is COc1cccc(-c2nc(SC)n(C)c(=O)c2C#N)c1. The van der Waals surface area contributed by atoms with Gasteiger partial charge < -0.3 is 4.74 Å². The summed E-state index contributed by atoms with van der Waals surface area (Å²) in [6, 6.07) is 9.10. The van der Waals surface area contributed by atoms with Crippen molar-refractivity contribution in [1.29, 1.82) is 5.26 Å². The summed E-state index contributed by atoms with van der Waals surface area (Å²) in [5, 5.41) is 9.80. The Kier molecular flexibility index (Phi) is 4.11. The Morgan fingerprint density at radius 3 is 2.80 bits per heavy atom. The van der Waals surface area contributed by atoms with Crippen molar-refractivity contribution in [2.45, 2.75) is 5.16 Å². The molecule has 0 N–H and O–H groups in total. The highest BCUT2D eigenvalue weighted by molar-refractivity contribution is 7.98. The summed E-state index contributed by atoms with van der Waals surface area (Å²) in [5.74, 6) is 0.652. The molecule has 0 aliphatic rings. The number of nitriles is 1. The van der Waals surface area contributed by atoms with Crippen LogP contribution < -0.4 is 10.3 Å². The Hall–Kier alpha value is -2.26. The van der Waals surface area contributed by atoms with Crippen LogP contribution in [0, 0.1) is 11.3 Å². The van der Waals surface area contributed by atoms with Gasteiger partial charge in [-0.1, -0.05) is 23.9 Å². The number of ether oxygens (including phenoxy) is 1. The highest BCUT2D eigenvalue weighted by atomic mass is 32.2. The molecule has 6 heteroatoms. The number of rotatable bonds is 3. The van der Waals surface area contributed by atoms with E-state index in [4.69, 9.17) is 4.74 Å². The standard InChI is InChI=1S/C14H13N3O2S/c1-17-13(18)11(8-15)12(16-14(17)20-3)9-5-4-6-10(7-9)19-2/h4-7H,1-3H3. The molecule has 20 heavy (non-hydrogen) atoms. The lowest BCUT2D eigenvalue weighted by Gasteiger charge is -2.10. The average molecular weight is 287 g/mol. The molecule has 1 aromatic carbocycles. The summed E-state index contributed by atoms with van der Waals surface area (Å²) in [6.45, 7) is 0. The average Bonchev–Trinajstić information content (AvgIpc) is 2.49. The van der Waals surface area contributed by atoms with Gasteiger partial charge in [0.1, 0.15) is 17.4 Å². The number of methoxy groups -OCH3 is 1. The van der Waals surface area contributed by atoms with Crippen molar-refractivity contribution in [3.05, 3.63) is 40.2 Å². The van der Waals surface area contributed by atoms with Gasteiger partial charge in [-0.05, 0) is 18.4 Å². The van der Waals surface area contributed by atoms with E-state index < -0.39 is 0 Å². The van der Waals surface area contributed by atoms with Crippen LogP contribution in [0.2, 0.25) is 0 Å². The molecule has 0 saturated heterocycles. The summed E-state index contributed by atoms with van der Waals surface area (Å²) in [6.07, 6.45) is 1.84. The maximum Gasteiger partial charge on any atom is 0.272 e. The van der Waals surface area contributed by atoms with E-state index >= 15 is 0 Å². The van der Waals surface area contributed by atoms with Gasteiger partial charge in [-0.3, -0.25) is 9.36 Å². The molecule has 2 aromatic rings. The largest absolute Gasteiger partial charge is 0.497 e. The molecule has 5 nitrogen and oxygen atoms in total. The quantitative estimate of drug-likeness (QED) is 0.638. The molecule has 0 atom stereocenters. The highest BCUT2D eigenvalue weighted by Gasteiger charge is 2.16. The minimum absolute atomic E-state index is 0.0403. The zero-order valence-corrected chi connectivity index (χ0v) is 12.2. The number of nitrogens with zero attached hydrogens (tertiary/aromatic N) is 3. The number of thioether (sulfide) groups is 1. The van der Waals surface area contributed by atoms with Gasteiger partial charge in [-0.15, -0.1) is 0 Å². The van der Waals surface area contributed by atoms with Gasteiger partial charge in [0.15, 0.2) is 5.16 Å². The molecule has 0 radical (unpaired) electrons. The van der Waals surface area contributed by atoms with Crippen LogP contribution in [0.5, 0.6) is 5.75 Å². The minimum Gasteiger partial charge on any atom is -0.497 e. The van der Waals surface area contributed by atoms with Crippen molar-refractivity contribution in [1.82, 2.24) is 9.55 Å². The van der Waals surface area contributed by atoms with Crippen LogP contribution in [0.3, 0.4) is 0 Å². The van der Waals surface area contributed by atoms with Gasteiger partial charge in [-0.25, -0.2) is 4.98 Å². The first-order chi connectivity index (χ1) is 9.62. The second-order valence-corrected chi connectivity index (χ2v) is 4.80. The fourth-order valence-electron chi connectivity index (χ4n) is 1.85. The van der Waals surface area contributed by atoms with Crippen molar-refractivity contribution < 1.29 is 4.74 Å². The fraction of sp³-hybridized carbons (Fsp3) is 0.214. The minimum atomic E-state index is -0.343. The van der Waals surface area contributed by atoms with Crippen molar-refractivity contribution >= 4 is 11.8 Å². The molecule has 1 heterocycles. The first kappa shape index (κ1) is 14.2. The summed E-state index contributed by atoms with van der Waals surface area (Å²) >= 11 is 1.36. The molecule has 0 fully saturated rings. The van der Waals surface area contributed by atoms with Gasteiger partial charge in [-0.2, -0.15) is 5.26 Å². The number of benzene rings is 1. The molecule has 0 aliphatic heterocycles. The molecule has 0 unspecified atom stereocenters. The van der Waals surface area contributed by atoms with Crippen LogP contribution >= 0.6 is 11.8 Å². The Bertz CT molecular complexity index is 747. The van der Waals surface area contributed by atoms with Crippen LogP contribution in [0.25, 0.3) is 11.3 Å². The van der Waals surface area contributed by atoms with E-state index in [1.165, 1.54) is 16.3 Å². The van der Waals surface area contributed by atoms with Crippen molar-refractivity contribution in [2.75, 3.05) is 13.4 Å². The normalized spacial score (nSPS) is 10.1.